The maximum atomic E-state index is 15.7. The predicted molar refractivity (Wildman–Crippen MR) is 139 cm³/mol. The summed E-state index contributed by atoms with van der Waals surface area (Å²) in [6, 6.07) is 16.9. The Morgan fingerprint density at radius 3 is 2.08 bits per heavy atom. The highest BCUT2D eigenvalue weighted by Crippen LogP contribution is 2.45. The van der Waals surface area contributed by atoms with Crippen molar-refractivity contribution in [2.75, 3.05) is 0 Å². The molecule has 3 aromatic heterocycles. The Bertz CT molecular complexity index is 1860. The zero-order chi connectivity index (χ0) is 28.4. The van der Waals surface area contributed by atoms with Crippen molar-refractivity contribution in [3.8, 4) is 39.3 Å². The summed E-state index contributed by atoms with van der Waals surface area (Å²) in [5.74, 6) is -2.15. The molecule has 0 spiro atoms. The summed E-state index contributed by atoms with van der Waals surface area (Å²) in [5, 5.41) is 3.85. The number of alkyl halides is 3. The molecule has 2 aromatic carbocycles. The molecule has 0 aliphatic carbocycles. The van der Waals surface area contributed by atoms with Crippen molar-refractivity contribution >= 4 is 5.69 Å². The summed E-state index contributed by atoms with van der Waals surface area (Å²) in [6.07, 6.45) is -3.66. The molecule has 40 heavy (non-hydrogen) atoms. The number of aromatic nitrogens is 4. The maximum Gasteiger partial charge on any atom is 0.435 e. The van der Waals surface area contributed by atoms with E-state index in [-0.39, 0.29) is 39.3 Å². The lowest BCUT2D eigenvalue weighted by molar-refractivity contribution is -0.140. The molecular weight excluding hydrogens is 525 g/mol. The second kappa shape index (κ2) is 8.81. The zero-order valence-corrected chi connectivity index (χ0v) is 21.1. The molecule has 1 aliphatic heterocycles. The molecule has 0 atom stereocenters. The summed E-state index contributed by atoms with van der Waals surface area (Å²) < 4.78 is 75.3. The molecule has 6 rings (SSSR count). The third-order valence-electron chi connectivity index (χ3n) is 7.05. The zero-order valence-electron chi connectivity index (χ0n) is 21.1. The molecule has 1 aliphatic rings. The second-order valence-electron chi connectivity index (χ2n) is 9.85. The van der Waals surface area contributed by atoms with Gasteiger partial charge in [-0.3, -0.25) is 4.98 Å². The topological polar surface area (TPSA) is 48.0 Å². The molecule has 5 nitrogen and oxygen atoms in total. The van der Waals surface area contributed by atoms with Crippen LogP contribution in [0, 0.1) is 18.2 Å². The van der Waals surface area contributed by atoms with Gasteiger partial charge < -0.3 is 0 Å². The monoisotopic (exact) mass is 543 g/mol. The fourth-order valence-electron chi connectivity index (χ4n) is 4.92. The van der Waals surface area contributed by atoms with E-state index in [1.807, 2.05) is 13.8 Å². The van der Waals surface area contributed by atoms with E-state index in [0.29, 0.717) is 11.4 Å². The van der Waals surface area contributed by atoms with Crippen molar-refractivity contribution < 1.29 is 22.0 Å². The molecule has 0 fully saturated rings. The van der Waals surface area contributed by atoms with Crippen molar-refractivity contribution in [2.24, 2.45) is 0 Å². The first kappa shape index (κ1) is 25.4. The van der Waals surface area contributed by atoms with Gasteiger partial charge in [-0.1, -0.05) is 36.4 Å². The van der Waals surface area contributed by atoms with Crippen LogP contribution in [0.3, 0.4) is 0 Å². The summed E-state index contributed by atoms with van der Waals surface area (Å²) in [5.41, 5.74) is -2.52. The van der Waals surface area contributed by atoms with Crippen LogP contribution in [0.1, 0.15) is 30.9 Å². The highest BCUT2D eigenvalue weighted by Gasteiger charge is 2.39. The Morgan fingerprint density at radius 1 is 0.775 bits per heavy atom. The van der Waals surface area contributed by atoms with Crippen molar-refractivity contribution in [2.45, 2.75) is 25.4 Å². The van der Waals surface area contributed by atoms with Crippen molar-refractivity contribution in [1.82, 2.24) is 19.7 Å². The van der Waals surface area contributed by atoms with Gasteiger partial charge in [-0.15, -0.1) is 0 Å². The highest BCUT2D eigenvalue weighted by atomic mass is 19.4. The van der Waals surface area contributed by atoms with Crippen LogP contribution in [0.4, 0.5) is 27.6 Å². The smallest absolute Gasteiger partial charge is 0.252 e. The van der Waals surface area contributed by atoms with E-state index in [0.717, 1.165) is 4.68 Å². The third-order valence-corrected chi connectivity index (χ3v) is 7.05. The quantitative estimate of drug-likeness (QED) is 0.146. The van der Waals surface area contributed by atoms with E-state index in [4.69, 9.17) is 6.57 Å². The van der Waals surface area contributed by atoms with E-state index in [9.17, 15) is 13.2 Å². The van der Waals surface area contributed by atoms with Gasteiger partial charge in [-0.25, -0.2) is 23.3 Å². The normalized spacial score (nSPS) is 13.6. The second-order valence-corrected chi connectivity index (χ2v) is 9.85. The number of pyridine rings is 2. The summed E-state index contributed by atoms with van der Waals surface area (Å²) in [4.78, 5) is 12.4. The van der Waals surface area contributed by atoms with Crippen molar-refractivity contribution in [3.05, 3.63) is 113 Å². The first-order valence-electron chi connectivity index (χ1n) is 12.1. The van der Waals surface area contributed by atoms with Gasteiger partial charge in [0, 0.05) is 28.3 Å². The van der Waals surface area contributed by atoms with Gasteiger partial charge in [-0.2, -0.15) is 18.3 Å². The van der Waals surface area contributed by atoms with Gasteiger partial charge in [0.05, 0.1) is 23.7 Å². The van der Waals surface area contributed by atoms with E-state index in [1.165, 1.54) is 48.7 Å². The van der Waals surface area contributed by atoms with E-state index >= 15 is 8.78 Å². The molecule has 0 amide bonds. The SMILES string of the molecule is [C-]#[N+]c1c(F)c2cc(c1F)-c1ccccc1-c1cn(nc1C(F)(F)F)-c1cccc(n1)C(C)(C)c1cccc-2n1. The highest BCUT2D eigenvalue weighted by molar-refractivity contribution is 5.88. The summed E-state index contributed by atoms with van der Waals surface area (Å²) >= 11 is 0. The number of rotatable bonds is 0. The van der Waals surface area contributed by atoms with Gasteiger partial charge in [0.2, 0.25) is 0 Å². The van der Waals surface area contributed by atoms with E-state index in [2.05, 4.69) is 19.9 Å². The lowest BCUT2D eigenvalue weighted by atomic mass is 9.84. The summed E-state index contributed by atoms with van der Waals surface area (Å²) in [7, 11) is 0. The van der Waals surface area contributed by atoms with E-state index in [1.54, 1.807) is 24.3 Å². The fraction of sp³-hybridized carbons (Fsp3) is 0.133. The molecule has 0 saturated heterocycles. The Hall–Kier alpha value is -4.91. The molecule has 0 radical (unpaired) electrons. The first-order valence-corrected chi connectivity index (χ1v) is 12.1. The van der Waals surface area contributed by atoms with Crippen molar-refractivity contribution in [3.63, 3.8) is 0 Å². The van der Waals surface area contributed by atoms with Gasteiger partial charge >= 0.3 is 6.18 Å². The van der Waals surface area contributed by atoms with Gasteiger partial charge in [0.1, 0.15) is 11.6 Å². The fourth-order valence-corrected chi connectivity index (χ4v) is 4.92. The van der Waals surface area contributed by atoms with Crippen LogP contribution >= 0.6 is 0 Å². The Kier molecular flexibility index (Phi) is 5.59. The maximum absolute atomic E-state index is 15.7. The Morgan fingerprint density at radius 2 is 1.40 bits per heavy atom. The van der Waals surface area contributed by atoms with Crippen LogP contribution in [0.15, 0.2) is 72.9 Å². The van der Waals surface area contributed by atoms with Crippen LogP contribution in [0.25, 0.3) is 44.2 Å². The van der Waals surface area contributed by atoms with Gasteiger partial charge in [-0.05, 0) is 55.3 Å². The summed E-state index contributed by atoms with van der Waals surface area (Å²) in [6.45, 7) is 11.1. The molecule has 0 unspecified atom stereocenters. The van der Waals surface area contributed by atoms with Gasteiger partial charge in [0.15, 0.2) is 11.5 Å². The third kappa shape index (κ3) is 3.85. The lowest BCUT2D eigenvalue weighted by Crippen LogP contribution is -2.23. The predicted octanol–water partition coefficient (Wildman–Crippen LogP) is 8.15. The molecule has 198 valence electrons. The Labute approximate surface area is 225 Å². The first-order chi connectivity index (χ1) is 19.0. The molecule has 8 bridgehead atoms. The molecule has 5 aromatic rings. The molecule has 10 heteroatoms. The molecule has 0 saturated carbocycles. The van der Waals surface area contributed by atoms with Crippen LogP contribution in [-0.2, 0) is 11.6 Å². The van der Waals surface area contributed by atoms with Crippen LogP contribution in [0.5, 0.6) is 0 Å². The number of nitrogens with zero attached hydrogens (tertiary/aromatic N) is 5. The minimum Gasteiger partial charge on any atom is -0.252 e. The minimum atomic E-state index is -4.86. The van der Waals surface area contributed by atoms with Crippen LogP contribution in [-0.4, -0.2) is 19.7 Å². The van der Waals surface area contributed by atoms with Gasteiger partial charge in [0.25, 0.3) is 5.69 Å². The largest absolute Gasteiger partial charge is 0.435 e. The average molecular weight is 543 g/mol. The molecule has 4 heterocycles. The van der Waals surface area contributed by atoms with Crippen LogP contribution < -0.4 is 0 Å². The van der Waals surface area contributed by atoms with Crippen molar-refractivity contribution in [1.29, 1.82) is 0 Å². The standard InChI is InChI=1S/C30H18F5N5/c1-29(2)22-11-6-10-21(37-22)19-14-18(25(31)27(36-3)26(19)32)16-8-4-5-9-17(16)20-15-40(39-28(20)30(33,34)35)24-13-7-12-23(29)38-24/h4-15H,1-2H3. The number of benzene rings is 2. The number of fused-ring (bicyclic) bond motifs is 13. The lowest BCUT2D eigenvalue weighted by Gasteiger charge is -2.25. The number of halogens is 5. The average Bonchev–Trinajstić information content (AvgIpc) is 3.40. The molecular formula is C30H18F5N5. The Balaban J connectivity index is 1.80. The van der Waals surface area contributed by atoms with E-state index < -0.39 is 34.6 Å². The number of hydrogen-bond acceptors (Lipinski definition) is 3. The minimum absolute atomic E-state index is 0.00142. The van der Waals surface area contributed by atoms with Crippen LogP contribution in [0.2, 0.25) is 0 Å². The number of hydrogen-bond donors (Lipinski definition) is 0. The molecule has 0 N–H and O–H groups in total.